The van der Waals surface area contributed by atoms with E-state index in [9.17, 15) is 0 Å². The second kappa shape index (κ2) is 10.5. The molecule has 0 radical (unpaired) electrons. The van der Waals surface area contributed by atoms with Gasteiger partial charge in [0.1, 0.15) is 5.75 Å². The fraction of sp³-hybridized carbons (Fsp3) is 0.368. The molecule has 0 fully saturated rings. The van der Waals surface area contributed by atoms with Crippen molar-refractivity contribution in [3.05, 3.63) is 48.3 Å². The zero-order chi connectivity index (χ0) is 17.1. The molecule has 0 amide bonds. The van der Waals surface area contributed by atoms with E-state index < -0.39 is 0 Å². The molecule has 3 nitrogen and oxygen atoms in total. The number of nitrogens with zero attached hydrogens (tertiary/aromatic N) is 2. The van der Waals surface area contributed by atoms with Gasteiger partial charge in [-0.25, -0.2) is 5.26 Å². The summed E-state index contributed by atoms with van der Waals surface area (Å²) in [5, 5.41) is 7.89. The molecular weight excluding hydrogens is 283 g/mol. The summed E-state index contributed by atoms with van der Waals surface area (Å²) in [4.78, 5) is 4.04. The van der Waals surface area contributed by atoms with Crippen molar-refractivity contribution >= 4 is 6.71 Å². The van der Waals surface area contributed by atoms with E-state index >= 15 is 0 Å². The number of fused-ring (bicyclic) bond motifs is 1. The van der Waals surface area contributed by atoms with Crippen LogP contribution in [0.3, 0.4) is 0 Å². The molecule has 0 atom stereocenters. The Morgan fingerprint density at radius 1 is 1.13 bits per heavy atom. The van der Waals surface area contributed by atoms with Crippen LogP contribution in [-0.2, 0) is 6.42 Å². The van der Waals surface area contributed by atoms with Gasteiger partial charge < -0.3 is 4.74 Å². The minimum absolute atomic E-state index is 0.190. The highest BCUT2D eigenvalue weighted by molar-refractivity contribution is 6.64. The van der Waals surface area contributed by atoms with E-state index in [0.717, 1.165) is 25.2 Å². The molecule has 2 aromatic rings. The Hall–Kier alpha value is -2.28. The lowest BCUT2D eigenvalue weighted by atomic mass is 9.57. The van der Waals surface area contributed by atoms with Gasteiger partial charge >= 0.3 is 0 Å². The van der Waals surface area contributed by atoms with E-state index in [4.69, 9.17) is 10.00 Å². The van der Waals surface area contributed by atoms with Crippen molar-refractivity contribution in [1.82, 2.24) is 4.98 Å². The summed E-state index contributed by atoms with van der Waals surface area (Å²) in [5.74, 6) is 3.08. The van der Waals surface area contributed by atoms with Crippen LogP contribution in [0.4, 0.5) is 0 Å². The lowest BCUT2D eigenvalue weighted by Crippen LogP contribution is -2.09. The number of para-hydroxylation sites is 1. The number of pyridine rings is 1. The van der Waals surface area contributed by atoms with Crippen molar-refractivity contribution in [3.63, 3.8) is 0 Å². The quantitative estimate of drug-likeness (QED) is 0.704. The lowest BCUT2D eigenvalue weighted by Gasteiger charge is -2.20. The SMILES string of the molecule is CB(C)C#N.CC.c1cc2c(c(-c3ccncc3)c1)OCCC2. The fourth-order valence-electron chi connectivity index (χ4n) is 2.15. The van der Waals surface area contributed by atoms with Crippen LogP contribution < -0.4 is 4.74 Å². The van der Waals surface area contributed by atoms with Crippen LogP contribution in [0.25, 0.3) is 11.1 Å². The molecule has 0 saturated carbocycles. The third kappa shape index (κ3) is 5.79. The van der Waals surface area contributed by atoms with Gasteiger partial charge in [0.25, 0.3) is 6.71 Å². The topological polar surface area (TPSA) is 45.9 Å². The van der Waals surface area contributed by atoms with Crippen LogP contribution in [0.5, 0.6) is 5.75 Å². The van der Waals surface area contributed by atoms with Crippen LogP contribution in [0.15, 0.2) is 42.7 Å². The molecule has 1 aromatic carbocycles. The number of hydrogen-bond acceptors (Lipinski definition) is 3. The maximum absolute atomic E-state index is 7.89. The van der Waals surface area contributed by atoms with E-state index in [1.54, 1.807) is 0 Å². The summed E-state index contributed by atoms with van der Waals surface area (Å²) in [7, 11) is 0. The standard InChI is InChI=1S/C14H13NO.C3H6BN.C2H6/c1-3-12-4-2-10-16-14(12)13(5-1)11-6-8-15-9-7-11;1-4(2)3-5;1-2/h1,3,5-9H,2,4,10H2;1-2H3;1-2H3. The highest BCUT2D eigenvalue weighted by Gasteiger charge is 2.14. The Kier molecular flexibility index (Phi) is 8.53. The second-order valence-corrected chi connectivity index (χ2v) is 5.27. The summed E-state index contributed by atoms with van der Waals surface area (Å²) in [6.45, 7) is 8.74. The molecule has 1 aromatic heterocycles. The normalized spacial score (nSPS) is 11.3. The summed E-state index contributed by atoms with van der Waals surface area (Å²) in [5.41, 5.74) is 3.67. The maximum atomic E-state index is 7.89. The van der Waals surface area contributed by atoms with Crippen LogP contribution in [0, 0.1) is 11.2 Å². The molecule has 0 bridgehead atoms. The average molecular weight is 308 g/mol. The monoisotopic (exact) mass is 308 g/mol. The Morgan fingerprint density at radius 2 is 1.78 bits per heavy atom. The predicted octanol–water partition coefficient (Wildman–Crippen LogP) is 4.90. The molecular formula is C19H25BN2O. The average Bonchev–Trinajstić information content (AvgIpc) is 2.64. The van der Waals surface area contributed by atoms with Crippen molar-refractivity contribution in [2.75, 3.05) is 6.61 Å². The molecule has 0 aliphatic carbocycles. The fourth-order valence-corrected chi connectivity index (χ4v) is 2.15. The zero-order valence-electron chi connectivity index (χ0n) is 14.5. The van der Waals surface area contributed by atoms with Gasteiger partial charge in [0.2, 0.25) is 0 Å². The molecule has 1 aliphatic heterocycles. The molecule has 3 rings (SSSR count). The van der Waals surface area contributed by atoms with Crippen molar-refractivity contribution < 1.29 is 4.74 Å². The number of hydrogen-bond donors (Lipinski definition) is 0. The number of nitriles is 1. The first-order valence-electron chi connectivity index (χ1n) is 8.27. The maximum Gasteiger partial charge on any atom is 0.261 e. The second-order valence-electron chi connectivity index (χ2n) is 5.27. The summed E-state index contributed by atoms with van der Waals surface area (Å²) in [6.07, 6.45) is 5.87. The third-order valence-corrected chi connectivity index (χ3v) is 3.18. The first kappa shape index (κ1) is 18.8. The van der Waals surface area contributed by atoms with Crippen molar-refractivity contribution in [1.29, 1.82) is 5.26 Å². The van der Waals surface area contributed by atoms with Crippen molar-refractivity contribution in [3.8, 4) is 22.8 Å². The van der Waals surface area contributed by atoms with Crippen LogP contribution >= 0.6 is 0 Å². The molecule has 0 unspecified atom stereocenters. The Bertz CT molecular complexity index is 621. The number of ether oxygens (including phenoxy) is 1. The Morgan fingerprint density at radius 3 is 2.39 bits per heavy atom. The van der Waals surface area contributed by atoms with Gasteiger partial charge in [-0.05, 0) is 36.1 Å². The van der Waals surface area contributed by atoms with E-state index in [-0.39, 0.29) is 6.71 Å². The lowest BCUT2D eigenvalue weighted by molar-refractivity contribution is 0.289. The van der Waals surface area contributed by atoms with Crippen molar-refractivity contribution in [2.24, 2.45) is 0 Å². The van der Waals surface area contributed by atoms with Crippen LogP contribution in [0.2, 0.25) is 13.6 Å². The van der Waals surface area contributed by atoms with E-state index in [1.165, 1.54) is 16.7 Å². The van der Waals surface area contributed by atoms with Gasteiger partial charge in [0.05, 0.1) is 6.61 Å². The molecule has 120 valence electrons. The minimum atomic E-state index is 0.190. The highest BCUT2D eigenvalue weighted by Crippen LogP contribution is 2.35. The summed E-state index contributed by atoms with van der Waals surface area (Å²) < 4.78 is 5.79. The van der Waals surface area contributed by atoms with Crippen LogP contribution in [-0.4, -0.2) is 18.3 Å². The van der Waals surface area contributed by atoms with E-state index in [2.05, 4.69) is 23.2 Å². The van der Waals surface area contributed by atoms with E-state index in [0.29, 0.717) is 0 Å². The number of rotatable bonds is 1. The van der Waals surface area contributed by atoms with Gasteiger partial charge in [0.15, 0.2) is 0 Å². The molecule has 0 saturated heterocycles. The highest BCUT2D eigenvalue weighted by atomic mass is 16.5. The van der Waals surface area contributed by atoms with Crippen molar-refractivity contribution in [2.45, 2.75) is 40.3 Å². The molecule has 0 N–H and O–H groups in total. The van der Waals surface area contributed by atoms with Crippen LogP contribution in [0.1, 0.15) is 25.8 Å². The number of benzene rings is 1. The molecule has 0 spiro atoms. The first-order valence-corrected chi connectivity index (χ1v) is 8.27. The largest absolute Gasteiger partial charge is 0.493 e. The van der Waals surface area contributed by atoms with E-state index in [1.807, 2.05) is 58.0 Å². The van der Waals surface area contributed by atoms with Gasteiger partial charge in [-0.2, -0.15) is 0 Å². The molecule has 23 heavy (non-hydrogen) atoms. The molecule has 4 heteroatoms. The zero-order valence-corrected chi connectivity index (χ0v) is 14.5. The van der Waals surface area contributed by atoms with Gasteiger partial charge in [0, 0.05) is 23.9 Å². The predicted molar refractivity (Wildman–Crippen MR) is 97.9 cm³/mol. The minimum Gasteiger partial charge on any atom is -0.493 e. The van der Waals surface area contributed by atoms with Gasteiger partial charge in [-0.3, -0.25) is 4.98 Å². The van der Waals surface area contributed by atoms with Gasteiger partial charge in [-0.1, -0.05) is 45.7 Å². The Balaban J connectivity index is 0.000000327. The van der Waals surface area contributed by atoms with Gasteiger partial charge in [-0.15, -0.1) is 0 Å². The number of aryl methyl sites for hydroxylation is 1. The third-order valence-electron chi connectivity index (χ3n) is 3.18. The molecule has 1 aliphatic rings. The number of aromatic nitrogens is 1. The molecule has 2 heterocycles. The smallest absolute Gasteiger partial charge is 0.261 e. The Labute approximate surface area is 140 Å². The summed E-state index contributed by atoms with van der Waals surface area (Å²) >= 11 is 0. The first-order chi connectivity index (χ1) is 11.2. The summed E-state index contributed by atoms with van der Waals surface area (Å²) in [6, 6.07) is 10.4.